The molecule has 1 amide bonds. The largest absolute Gasteiger partial charge is 0.325 e. The molecular formula is C14H20N2O. The Morgan fingerprint density at radius 1 is 1.35 bits per heavy atom. The van der Waals surface area contributed by atoms with Crippen molar-refractivity contribution >= 4 is 11.6 Å². The van der Waals surface area contributed by atoms with Crippen molar-refractivity contribution in [2.24, 2.45) is 5.41 Å². The van der Waals surface area contributed by atoms with Gasteiger partial charge < -0.3 is 10.6 Å². The predicted molar refractivity (Wildman–Crippen MR) is 70.0 cm³/mol. The van der Waals surface area contributed by atoms with Crippen LogP contribution in [0.5, 0.6) is 0 Å². The lowest BCUT2D eigenvalue weighted by molar-refractivity contribution is -0.120. The molecule has 1 aromatic rings. The maximum atomic E-state index is 12.2. The summed E-state index contributed by atoms with van der Waals surface area (Å²) >= 11 is 0. The molecule has 3 heteroatoms. The van der Waals surface area contributed by atoms with Gasteiger partial charge in [0.15, 0.2) is 0 Å². The number of hydrogen-bond acceptors (Lipinski definition) is 2. The summed E-state index contributed by atoms with van der Waals surface area (Å²) in [6.45, 7) is 2.87. The van der Waals surface area contributed by atoms with E-state index in [0.717, 1.165) is 31.5 Å². The number of aryl methyl sites for hydroxylation is 1. The van der Waals surface area contributed by atoms with Gasteiger partial charge in [-0.15, -0.1) is 0 Å². The molecule has 0 atom stereocenters. The van der Waals surface area contributed by atoms with Crippen molar-refractivity contribution in [2.75, 3.05) is 18.9 Å². The molecule has 0 saturated heterocycles. The zero-order chi connectivity index (χ0) is 12.3. The first-order valence-electron chi connectivity index (χ1n) is 6.26. The Labute approximate surface area is 103 Å². The number of hydrogen-bond donors (Lipinski definition) is 2. The highest BCUT2D eigenvalue weighted by atomic mass is 16.2. The zero-order valence-corrected chi connectivity index (χ0v) is 10.5. The molecule has 3 nitrogen and oxygen atoms in total. The second-order valence-electron chi connectivity index (χ2n) is 4.78. The molecular weight excluding hydrogens is 212 g/mol. The van der Waals surface area contributed by atoms with E-state index in [2.05, 4.69) is 23.6 Å². The summed E-state index contributed by atoms with van der Waals surface area (Å²) in [5, 5.41) is 6.18. The van der Waals surface area contributed by atoms with Crippen LogP contribution in [0.2, 0.25) is 0 Å². The molecule has 1 aliphatic carbocycles. The van der Waals surface area contributed by atoms with E-state index in [-0.39, 0.29) is 11.3 Å². The van der Waals surface area contributed by atoms with Crippen LogP contribution in [0.25, 0.3) is 0 Å². The molecule has 1 fully saturated rings. The Bertz CT molecular complexity index is 410. The number of anilines is 1. The predicted octanol–water partition coefficient (Wildman–Crippen LogP) is 2.19. The van der Waals surface area contributed by atoms with Gasteiger partial charge in [0, 0.05) is 12.2 Å². The van der Waals surface area contributed by atoms with Crippen molar-refractivity contribution in [3.8, 4) is 0 Å². The maximum Gasteiger partial charge on any atom is 0.231 e. The van der Waals surface area contributed by atoms with Gasteiger partial charge in [-0.2, -0.15) is 0 Å². The molecule has 1 aromatic carbocycles. The Balaban J connectivity index is 2.08. The van der Waals surface area contributed by atoms with E-state index < -0.39 is 0 Å². The number of carbonyl (C=O) groups excluding carboxylic acids is 1. The molecule has 0 aliphatic heterocycles. The molecule has 1 aliphatic rings. The van der Waals surface area contributed by atoms with Gasteiger partial charge in [0.1, 0.15) is 0 Å². The fourth-order valence-corrected chi connectivity index (χ4v) is 2.18. The molecule has 1 saturated carbocycles. The highest BCUT2D eigenvalue weighted by molar-refractivity contribution is 5.97. The Morgan fingerprint density at radius 3 is 2.65 bits per heavy atom. The number of nitrogens with one attached hydrogen (secondary N) is 2. The Hall–Kier alpha value is -1.35. The fourth-order valence-electron chi connectivity index (χ4n) is 2.18. The standard InChI is InChI=1S/C14H20N2O/c1-3-11-6-4-5-7-12(11)16-13(17)14(8-9-14)10-15-2/h4-7,15H,3,8-10H2,1-2H3,(H,16,17). The van der Waals surface area contributed by atoms with E-state index in [9.17, 15) is 4.79 Å². The van der Waals surface area contributed by atoms with Crippen molar-refractivity contribution in [3.05, 3.63) is 29.8 Å². The third-order valence-corrected chi connectivity index (χ3v) is 3.50. The minimum atomic E-state index is -0.157. The van der Waals surface area contributed by atoms with Crippen molar-refractivity contribution < 1.29 is 4.79 Å². The van der Waals surface area contributed by atoms with Gasteiger partial charge in [-0.1, -0.05) is 25.1 Å². The zero-order valence-electron chi connectivity index (χ0n) is 10.5. The third-order valence-electron chi connectivity index (χ3n) is 3.50. The molecule has 2 rings (SSSR count). The van der Waals surface area contributed by atoms with E-state index >= 15 is 0 Å². The summed E-state index contributed by atoms with van der Waals surface area (Å²) < 4.78 is 0. The molecule has 0 unspecified atom stereocenters. The van der Waals surface area contributed by atoms with Crippen LogP contribution in [-0.4, -0.2) is 19.5 Å². The van der Waals surface area contributed by atoms with Crippen molar-refractivity contribution in [2.45, 2.75) is 26.2 Å². The first kappa shape index (κ1) is 12.1. The van der Waals surface area contributed by atoms with Gasteiger partial charge in [0.05, 0.1) is 5.41 Å². The van der Waals surface area contributed by atoms with Crippen LogP contribution in [0, 0.1) is 5.41 Å². The van der Waals surface area contributed by atoms with Crippen LogP contribution in [-0.2, 0) is 11.2 Å². The monoisotopic (exact) mass is 232 g/mol. The van der Waals surface area contributed by atoms with Crippen LogP contribution in [0.3, 0.4) is 0 Å². The molecule has 92 valence electrons. The molecule has 0 heterocycles. The molecule has 0 spiro atoms. The highest BCUT2D eigenvalue weighted by Crippen LogP contribution is 2.46. The summed E-state index contributed by atoms with van der Waals surface area (Å²) in [5.41, 5.74) is 2.00. The van der Waals surface area contributed by atoms with Gasteiger partial charge in [-0.05, 0) is 37.9 Å². The molecule has 0 bridgehead atoms. The molecule has 0 aromatic heterocycles. The first-order valence-corrected chi connectivity index (χ1v) is 6.26. The minimum absolute atomic E-state index is 0.157. The van der Waals surface area contributed by atoms with Crippen LogP contribution in [0.1, 0.15) is 25.3 Å². The second-order valence-corrected chi connectivity index (χ2v) is 4.78. The summed E-state index contributed by atoms with van der Waals surface area (Å²) in [6, 6.07) is 8.01. The molecule has 17 heavy (non-hydrogen) atoms. The number of rotatable bonds is 5. The summed E-state index contributed by atoms with van der Waals surface area (Å²) in [4.78, 5) is 12.2. The van der Waals surface area contributed by atoms with E-state index in [1.165, 1.54) is 5.56 Å². The summed E-state index contributed by atoms with van der Waals surface area (Å²) in [6.07, 6.45) is 2.93. The maximum absolute atomic E-state index is 12.2. The van der Waals surface area contributed by atoms with Crippen LogP contribution in [0.4, 0.5) is 5.69 Å². The second kappa shape index (κ2) is 4.88. The van der Waals surface area contributed by atoms with E-state index in [4.69, 9.17) is 0 Å². The van der Waals surface area contributed by atoms with Crippen molar-refractivity contribution in [1.29, 1.82) is 0 Å². The van der Waals surface area contributed by atoms with E-state index in [1.54, 1.807) is 0 Å². The van der Waals surface area contributed by atoms with Crippen LogP contribution < -0.4 is 10.6 Å². The van der Waals surface area contributed by atoms with Crippen LogP contribution >= 0.6 is 0 Å². The SMILES string of the molecule is CCc1ccccc1NC(=O)C1(CNC)CC1. The average Bonchev–Trinajstić information content (AvgIpc) is 3.11. The number of para-hydroxylation sites is 1. The topological polar surface area (TPSA) is 41.1 Å². The first-order chi connectivity index (χ1) is 8.22. The van der Waals surface area contributed by atoms with Crippen molar-refractivity contribution in [1.82, 2.24) is 5.32 Å². The smallest absolute Gasteiger partial charge is 0.231 e. The van der Waals surface area contributed by atoms with Gasteiger partial charge in [-0.3, -0.25) is 4.79 Å². The number of amides is 1. The lowest BCUT2D eigenvalue weighted by Gasteiger charge is -2.16. The molecule has 0 radical (unpaired) electrons. The Morgan fingerprint density at radius 2 is 2.06 bits per heavy atom. The van der Waals surface area contributed by atoms with Crippen LogP contribution in [0.15, 0.2) is 24.3 Å². The van der Waals surface area contributed by atoms with Crippen molar-refractivity contribution in [3.63, 3.8) is 0 Å². The third kappa shape index (κ3) is 2.50. The highest BCUT2D eigenvalue weighted by Gasteiger charge is 2.49. The van der Waals surface area contributed by atoms with Gasteiger partial charge in [-0.25, -0.2) is 0 Å². The van der Waals surface area contributed by atoms with Gasteiger partial charge >= 0.3 is 0 Å². The number of benzene rings is 1. The lowest BCUT2D eigenvalue weighted by atomic mass is 10.1. The lowest BCUT2D eigenvalue weighted by Crippen LogP contribution is -2.32. The quantitative estimate of drug-likeness (QED) is 0.817. The normalized spacial score (nSPS) is 16.6. The van der Waals surface area contributed by atoms with Gasteiger partial charge in [0.2, 0.25) is 5.91 Å². The fraction of sp³-hybridized carbons (Fsp3) is 0.500. The number of carbonyl (C=O) groups is 1. The van der Waals surface area contributed by atoms with Gasteiger partial charge in [0.25, 0.3) is 0 Å². The average molecular weight is 232 g/mol. The minimum Gasteiger partial charge on any atom is -0.325 e. The Kier molecular flexibility index (Phi) is 3.48. The molecule has 2 N–H and O–H groups in total. The van der Waals surface area contributed by atoms with E-state index in [0.29, 0.717) is 0 Å². The van der Waals surface area contributed by atoms with E-state index in [1.807, 2.05) is 25.2 Å². The summed E-state index contributed by atoms with van der Waals surface area (Å²) in [7, 11) is 1.90. The summed E-state index contributed by atoms with van der Waals surface area (Å²) in [5.74, 6) is 0.160.